The summed E-state index contributed by atoms with van der Waals surface area (Å²) in [4.78, 5) is 18.5. The van der Waals surface area contributed by atoms with E-state index in [2.05, 4.69) is 10.1 Å². The summed E-state index contributed by atoms with van der Waals surface area (Å²) < 4.78 is 10.9. The Kier molecular flexibility index (Phi) is 5.54. The largest absolute Gasteiger partial charge is 0.491 e. The molecule has 1 heterocycles. The predicted molar refractivity (Wildman–Crippen MR) is 102 cm³/mol. The quantitative estimate of drug-likeness (QED) is 0.658. The second-order valence-corrected chi connectivity index (χ2v) is 6.73. The van der Waals surface area contributed by atoms with Gasteiger partial charge in [0.1, 0.15) is 5.75 Å². The molecule has 0 bridgehead atoms. The molecule has 0 unspecified atom stereocenters. The minimum absolute atomic E-state index is 0.0920. The fraction of sp³-hybridized carbons (Fsp3) is 0.286. The number of rotatable bonds is 6. The minimum atomic E-state index is -0.124. The van der Waals surface area contributed by atoms with Crippen LogP contribution in [0.3, 0.4) is 0 Å². The number of nitrogens with zero attached hydrogens (tertiary/aromatic N) is 3. The molecule has 3 rings (SSSR count). The van der Waals surface area contributed by atoms with Crippen molar-refractivity contribution in [3.8, 4) is 17.1 Å². The van der Waals surface area contributed by atoms with E-state index in [4.69, 9.17) is 9.26 Å². The van der Waals surface area contributed by atoms with Gasteiger partial charge in [-0.15, -0.1) is 0 Å². The molecule has 140 valence electrons. The lowest BCUT2D eigenvalue weighted by Crippen LogP contribution is -2.26. The van der Waals surface area contributed by atoms with E-state index in [1.165, 1.54) is 0 Å². The van der Waals surface area contributed by atoms with Crippen LogP contribution in [-0.4, -0.2) is 34.1 Å². The number of ether oxygens (including phenoxy) is 1. The highest BCUT2D eigenvalue weighted by atomic mass is 16.5. The Morgan fingerprint density at radius 1 is 1.19 bits per heavy atom. The van der Waals surface area contributed by atoms with E-state index >= 15 is 0 Å². The van der Waals surface area contributed by atoms with E-state index in [9.17, 15) is 4.79 Å². The normalized spacial score (nSPS) is 10.9. The van der Waals surface area contributed by atoms with Crippen LogP contribution in [0.1, 0.15) is 35.7 Å². The van der Waals surface area contributed by atoms with Gasteiger partial charge in [-0.3, -0.25) is 4.79 Å². The van der Waals surface area contributed by atoms with Crippen LogP contribution in [0.15, 0.2) is 53.1 Å². The molecule has 0 saturated heterocycles. The smallest absolute Gasteiger partial charge is 0.254 e. The van der Waals surface area contributed by atoms with E-state index in [1.807, 2.05) is 45.0 Å². The van der Waals surface area contributed by atoms with Gasteiger partial charge >= 0.3 is 0 Å². The van der Waals surface area contributed by atoms with Crippen molar-refractivity contribution < 1.29 is 14.1 Å². The van der Waals surface area contributed by atoms with Crippen LogP contribution in [-0.2, 0) is 6.54 Å². The molecule has 6 heteroatoms. The van der Waals surface area contributed by atoms with Crippen molar-refractivity contribution in [3.05, 3.63) is 65.5 Å². The van der Waals surface area contributed by atoms with Crippen LogP contribution < -0.4 is 4.74 Å². The van der Waals surface area contributed by atoms with Gasteiger partial charge in [-0.05, 0) is 51.1 Å². The summed E-state index contributed by atoms with van der Waals surface area (Å²) in [5.41, 5.74) is 2.59. The molecule has 0 N–H and O–H groups in total. The Labute approximate surface area is 158 Å². The zero-order chi connectivity index (χ0) is 19.4. The average molecular weight is 365 g/mol. The van der Waals surface area contributed by atoms with Crippen LogP contribution in [0.25, 0.3) is 11.4 Å². The minimum Gasteiger partial charge on any atom is -0.491 e. The molecule has 0 radical (unpaired) electrons. The maximum atomic E-state index is 12.6. The van der Waals surface area contributed by atoms with Crippen molar-refractivity contribution in [1.82, 2.24) is 15.0 Å². The summed E-state index contributed by atoms with van der Waals surface area (Å²) in [7, 11) is 1.71. The lowest BCUT2D eigenvalue weighted by molar-refractivity contribution is 0.0769. The van der Waals surface area contributed by atoms with E-state index in [1.54, 1.807) is 36.2 Å². The summed E-state index contributed by atoms with van der Waals surface area (Å²) in [6.07, 6.45) is 0.0920. The SMILES string of the molecule is Cc1cccc(-c2noc(CN(C)C(=O)c3ccc(OC(C)C)cc3)n2)c1. The van der Waals surface area contributed by atoms with Gasteiger partial charge < -0.3 is 14.2 Å². The number of hydrogen-bond acceptors (Lipinski definition) is 5. The number of carbonyl (C=O) groups is 1. The van der Waals surface area contributed by atoms with Crippen LogP contribution in [0, 0.1) is 6.92 Å². The first-order valence-corrected chi connectivity index (χ1v) is 8.84. The number of benzene rings is 2. The highest BCUT2D eigenvalue weighted by Gasteiger charge is 2.16. The molecule has 27 heavy (non-hydrogen) atoms. The van der Waals surface area contributed by atoms with Gasteiger partial charge in [-0.25, -0.2) is 0 Å². The highest BCUT2D eigenvalue weighted by molar-refractivity contribution is 5.94. The molecule has 0 aliphatic heterocycles. The predicted octanol–water partition coefficient (Wildman–Crippen LogP) is 4.10. The van der Waals surface area contributed by atoms with Gasteiger partial charge in [0.25, 0.3) is 5.91 Å². The van der Waals surface area contributed by atoms with Gasteiger partial charge in [0.05, 0.1) is 12.6 Å². The van der Waals surface area contributed by atoms with Crippen molar-refractivity contribution in [1.29, 1.82) is 0 Å². The van der Waals surface area contributed by atoms with E-state index in [0.717, 1.165) is 16.9 Å². The van der Waals surface area contributed by atoms with Crippen molar-refractivity contribution in [2.45, 2.75) is 33.4 Å². The topological polar surface area (TPSA) is 68.5 Å². The molecular weight excluding hydrogens is 342 g/mol. The number of amides is 1. The third-order valence-corrected chi connectivity index (χ3v) is 3.94. The van der Waals surface area contributed by atoms with Crippen LogP contribution in [0.5, 0.6) is 5.75 Å². The number of aryl methyl sites for hydroxylation is 1. The fourth-order valence-electron chi connectivity index (χ4n) is 2.66. The molecule has 1 amide bonds. The summed E-state index contributed by atoms with van der Waals surface area (Å²) in [5.74, 6) is 1.53. The Bertz CT molecular complexity index is 916. The van der Waals surface area contributed by atoms with Gasteiger partial charge in [0.15, 0.2) is 0 Å². The molecule has 0 spiro atoms. The Balaban J connectivity index is 1.66. The standard InChI is InChI=1S/C21H23N3O3/c1-14(2)26-18-10-8-16(9-11-18)21(25)24(4)13-19-22-20(23-27-19)17-7-5-6-15(3)12-17/h5-12,14H,13H2,1-4H3. The second-order valence-electron chi connectivity index (χ2n) is 6.73. The summed E-state index contributed by atoms with van der Waals surface area (Å²) >= 11 is 0. The number of aromatic nitrogens is 2. The van der Waals surface area contributed by atoms with E-state index < -0.39 is 0 Å². The molecule has 1 aromatic heterocycles. The molecule has 0 aliphatic carbocycles. The first-order chi connectivity index (χ1) is 12.9. The van der Waals surface area contributed by atoms with Crippen LogP contribution in [0.2, 0.25) is 0 Å². The zero-order valence-electron chi connectivity index (χ0n) is 16.0. The third-order valence-electron chi connectivity index (χ3n) is 3.94. The molecule has 0 fully saturated rings. The Morgan fingerprint density at radius 3 is 2.59 bits per heavy atom. The van der Waals surface area contributed by atoms with Crippen LogP contribution >= 0.6 is 0 Å². The number of hydrogen-bond donors (Lipinski definition) is 0. The van der Waals surface area contributed by atoms with Gasteiger partial charge in [0, 0.05) is 18.2 Å². The average Bonchev–Trinajstić information content (AvgIpc) is 3.10. The molecule has 2 aromatic carbocycles. The maximum absolute atomic E-state index is 12.6. The first kappa shape index (κ1) is 18.6. The molecule has 0 atom stereocenters. The maximum Gasteiger partial charge on any atom is 0.254 e. The lowest BCUT2D eigenvalue weighted by Gasteiger charge is -2.15. The third kappa shape index (κ3) is 4.73. The van der Waals surface area contributed by atoms with Crippen molar-refractivity contribution in [2.24, 2.45) is 0 Å². The Morgan fingerprint density at radius 2 is 1.93 bits per heavy atom. The molecular formula is C21H23N3O3. The second kappa shape index (κ2) is 8.03. The number of carbonyl (C=O) groups excluding carboxylic acids is 1. The lowest BCUT2D eigenvalue weighted by atomic mass is 10.1. The summed E-state index contributed by atoms with van der Waals surface area (Å²) in [6.45, 7) is 6.17. The zero-order valence-corrected chi connectivity index (χ0v) is 16.0. The first-order valence-electron chi connectivity index (χ1n) is 8.84. The summed E-state index contributed by atoms with van der Waals surface area (Å²) in [5, 5.41) is 4.01. The molecule has 3 aromatic rings. The molecule has 0 aliphatic rings. The van der Waals surface area contributed by atoms with Crippen molar-refractivity contribution in [2.75, 3.05) is 7.05 Å². The van der Waals surface area contributed by atoms with Crippen molar-refractivity contribution >= 4 is 5.91 Å². The van der Waals surface area contributed by atoms with E-state index in [-0.39, 0.29) is 18.6 Å². The van der Waals surface area contributed by atoms with Crippen LogP contribution in [0.4, 0.5) is 0 Å². The van der Waals surface area contributed by atoms with Gasteiger partial charge in [0.2, 0.25) is 11.7 Å². The monoisotopic (exact) mass is 365 g/mol. The Hall–Kier alpha value is -3.15. The van der Waals surface area contributed by atoms with Gasteiger partial charge in [-0.1, -0.05) is 28.9 Å². The molecule has 6 nitrogen and oxygen atoms in total. The molecule has 0 saturated carbocycles. The highest BCUT2D eigenvalue weighted by Crippen LogP contribution is 2.18. The van der Waals surface area contributed by atoms with Gasteiger partial charge in [-0.2, -0.15) is 4.98 Å². The van der Waals surface area contributed by atoms with E-state index in [0.29, 0.717) is 17.3 Å². The summed E-state index contributed by atoms with van der Waals surface area (Å²) in [6, 6.07) is 15.0. The fourth-order valence-corrected chi connectivity index (χ4v) is 2.66. The van der Waals surface area contributed by atoms with Crippen molar-refractivity contribution in [3.63, 3.8) is 0 Å².